The highest BCUT2D eigenvalue weighted by Crippen LogP contribution is 2.14. The van der Waals surface area contributed by atoms with E-state index in [9.17, 15) is 9.59 Å². The van der Waals surface area contributed by atoms with Crippen LogP contribution in [0.15, 0.2) is 0 Å². The van der Waals surface area contributed by atoms with Crippen LogP contribution in [0.1, 0.15) is 19.3 Å². The number of morpholine rings is 1. The van der Waals surface area contributed by atoms with Crippen molar-refractivity contribution in [3.63, 3.8) is 0 Å². The van der Waals surface area contributed by atoms with Crippen LogP contribution in [0.4, 0.5) is 4.79 Å². The molecule has 2 aliphatic heterocycles. The minimum Gasteiger partial charge on any atom is -0.481 e. The Hall–Kier alpha value is -1.34. The van der Waals surface area contributed by atoms with Crippen molar-refractivity contribution in [2.45, 2.75) is 25.3 Å². The molecule has 0 saturated carbocycles. The fourth-order valence-electron chi connectivity index (χ4n) is 2.58. The maximum atomic E-state index is 12.2. The van der Waals surface area contributed by atoms with Crippen LogP contribution in [-0.4, -0.2) is 67.6 Å². The summed E-state index contributed by atoms with van der Waals surface area (Å²) < 4.78 is 10.5. The monoisotopic (exact) mass is 286 g/mol. The van der Waals surface area contributed by atoms with Gasteiger partial charge in [0, 0.05) is 26.3 Å². The summed E-state index contributed by atoms with van der Waals surface area (Å²) in [6.45, 7) is 3.31. The highest BCUT2D eigenvalue weighted by atomic mass is 16.5. The molecule has 2 fully saturated rings. The molecule has 0 aromatic carbocycles. The Morgan fingerprint density at radius 2 is 1.95 bits per heavy atom. The van der Waals surface area contributed by atoms with Crippen molar-refractivity contribution in [1.29, 1.82) is 0 Å². The second-order valence-electron chi connectivity index (χ2n) is 5.26. The highest BCUT2D eigenvalue weighted by molar-refractivity contribution is 5.76. The first-order valence-corrected chi connectivity index (χ1v) is 7.08. The summed E-state index contributed by atoms with van der Waals surface area (Å²) in [5.41, 5.74) is 0. The van der Waals surface area contributed by atoms with E-state index in [-0.39, 0.29) is 25.1 Å². The number of rotatable bonds is 4. The Labute approximate surface area is 118 Å². The van der Waals surface area contributed by atoms with E-state index in [0.717, 1.165) is 26.1 Å². The van der Waals surface area contributed by atoms with Crippen molar-refractivity contribution in [3.05, 3.63) is 0 Å². The summed E-state index contributed by atoms with van der Waals surface area (Å²) >= 11 is 0. The van der Waals surface area contributed by atoms with Gasteiger partial charge in [-0.1, -0.05) is 0 Å². The number of hydrogen-bond acceptors (Lipinski definition) is 4. The number of nitrogens with one attached hydrogen (secondary N) is 1. The summed E-state index contributed by atoms with van der Waals surface area (Å²) in [6.07, 6.45) is 1.84. The molecule has 7 heteroatoms. The fraction of sp³-hybridized carbons (Fsp3) is 0.846. The SMILES string of the molecule is O=C(O)CC1COCCN1C(=O)NCC1CCOCC1. The molecule has 0 aromatic heterocycles. The van der Waals surface area contributed by atoms with E-state index in [2.05, 4.69) is 5.32 Å². The minimum atomic E-state index is -0.914. The molecule has 0 radical (unpaired) electrons. The Balaban J connectivity index is 1.80. The van der Waals surface area contributed by atoms with Crippen LogP contribution in [0, 0.1) is 5.92 Å². The molecule has 0 aromatic rings. The lowest BCUT2D eigenvalue weighted by atomic mass is 10.0. The maximum absolute atomic E-state index is 12.2. The molecule has 0 spiro atoms. The van der Waals surface area contributed by atoms with Gasteiger partial charge in [-0.2, -0.15) is 0 Å². The molecule has 2 N–H and O–H groups in total. The van der Waals surface area contributed by atoms with Crippen LogP contribution < -0.4 is 5.32 Å². The van der Waals surface area contributed by atoms with Gasteiger partial charge in [0.1, 0.15) is 0 Å². The Kier molecular flexibility index (Phi) is 5.60. The van der Waals surface area contributed by atoms with Crippen LogP contribution in [0.5, 0.6) is 0 Å². The fourth-order valence-corrected chi connectivity index (χ4v) is 2.58. The number of carbonyl (C=O) groups excluding carboxylic acids is 1. The Morgan fingerprint density at radius 3 is 2.65 bits per heavy atom. The van der Waals surface area contributed by atoms with Gasteiger partial charge >= 0.3 is 12.0 Å². The van der Waals surface area contributed by atoms with Crippen molar-refractivity contribution < 1.29 is 24.2 Å². The molecular weight excluding hydrogens is 264 g/mol. The Bertz CT molecular complexity index is 344. The average Bonchev–Trinajstić information content (AvgIpc) is 2.46. The molecule has 114 valence electrons. The summed E-state index contributed by atoms with van der Waals surface area (Å²) in [5.74, 6) is -0.464. The zero-order valence-electron chi connectivity index (χ0n) is 11.5. The number of aliphatic carboxylic acids is 1. The average molecular weight is 286 g/mol. The van der Waals surface area contributed by atoms with E-state index in [1.807, 2.05) is 0 Å². The van der Waals surface area contributed by atoms with Crippen LogP contribution >= 0.6 is 0 Å². The van der Waals surface area contributed by atoms with Gasteiger partial charge in [-0.15, -0.1) is 0 Å². The molecule has 2 saturated heterocycles. The van der Waals surface area contributed by atoms with Crippen LogP contribution in [0.3, 0.4) is 0 Å². The lowest BCUT2D eigenvalue weighted by molar-refractivity contribution is -0.139. The van der Waals surface area contributed by atoms with E-state index in [1.54, 1.807) is 4.90 Å². The van der Waals surface area contributed by atoms with Gasteiger partial charge in [0.15, 0.2) is 0 Å². The molecular formula is C13H22N2O5. The molecule has 7 nitrogen and oxygen atoms in total. The first-order valence-electron chi connectivity index (χ1n) is 7.08. The molecule has 20 heavy (non-hydrogen) atoms. The van der Waals surface area contributed by atoms with Gasteiger partial charge in [0.05, 0.1) is 25.7 Å². The maximum Gasteiger partial charge on any atom is 0.317 e. The highest BCUT2D eigenvalue weighted by Gasteiger charge is 2.29. The third-order valence-electron chi connectivity index (χ3n) is 3.78. The van der Waals surface area contributed by atoms with E-state index >= 15 is 0 Å². The van der Waals surface area contributed by atoms with E-state index < -0.39 is 5.97 Å². The molecule has 2 heterocycles. The van der Waals surface area contributed by atoms with Crippen molar-refractivity contribution in [2.24, 2.45) is 5.92 Å². The molecule has 0 bridgehead atoms. The second-order valence-corrected chi connectivity index (χ2v) is 5.26. The predicted octanol–water partition coefficient (Wildman–Crippen LogP) is 0.298. The lowest BCUT2D eigenvalue weighted by Crippen LogP contribution is -2.53. The molecule has 2 aliphatic rings. The number of hydrogen-bond donors (Lipinski definition) is 2. The van der Waals surface area contributed by atoms with Gasteiger partial charge in [-0.05, 0) is 18.8 Å². The number of amides is 2. The first kappa shape index (κ1) is 15.1. The van der Waals surface area contributed by atoms with Gasteiger partial charge in [0.2, 0.25) is 0 Å². The zero-order chi connectivity index (χ0) is 14.4. The first-order chi connectivity index (χ1) is 9.66. The van der Waals surface area contributed by atoms with Crippen molar-refractivity contribution in [3.8, 4) is 0 Å². The largest absolute Gasteiger partial charge is 0.481 e. The van der Waals surface area contributed by atoms with Crippen LogP contribution in [-0.2, 0) is 14.3 Å². The third kappa shape index (κ3) is 4.35. The Morgan fingerprint density at radius 1 is 1.20 bits per heavy atom. The van der Waals surface area contributed by atoms with Gasteiger partial charge in [-0.3, -0.25) is 4.79 Å². The number of urea groups is 1. The van der Waals surface area contributed by atoms with E-state index in [0.29, 0.717) is 25.6 Å². The van der Waals surface area contributed by atoms with Gasteiger partial charge < -0.3 is 24.8 Å². The summed E-state index contributed by atoms with van der Waals surface area (Å²) in [7, 11) is 0. The smallest absolute Gasteiger partial charge is 0.317 e. The van der Waals surface area contributed by atoms with Gasteiger partial charge in [0.25, 0.3) is 0 Å². The molecule has 2 rings (SSSR count). The quantitative estimate of drug-likeness (QED) is 0.776. The number of ether oxygens (including phenoxy) is 2. The molecule has 2 amide bonds. The topological polar surface area (TPSA) is 88.1 Å². The number of carboxylic acid groups (broad SMARTS) is 1. The van der Waals surface area contributed by atoms with Crippen LogP contribution in [0.25, 0.3) is 0 Å². The zero-order valence-corrected chi connectivity index (χ0v) is 11.5. The summed E-state index contributed by atoms with van der Waals surface area (Å²) in [6, 6.07) is -0.568. The number of nitrogens with zero attached hydrogens (tertiary/aromatic N) is 1. The predicted molar refractivity (Wildman–Crippen MR) is 70.5 cm³/mol. The van der Waals surface area contributed by atoms with Crippen LogP contribution in [0.2, 0.25) is 0 Å². The van der Waals surface area contributed by atoms with E-state index in [4.69, 9.17) is 14.6 Å². The standard InChI is InChI=1S/C13H22N2O5/c16-12(17)7-11-9-20-6-3-15(11)13(18)14-8-10-1-4-19-5-2-10/h10-11H,1-9H2,(H,14,18)(H,16,17). The number of carbonyl (C=O) groups is 2. The van der Waals surface area contributed by atoms with Crippen molar-refractivity contribution in [2.75, 3.05) is 39.5 Å². The lowest BCUT2D eigenvalue weighted by Gasteiger charge is -2.35. The van der Waals surface area contributed by atoms with Gasteiger partial charge in [-0.25, -0.2) is 4.79 Å². The van der Waals surface area contributed by atoms with Crippen molar-refractivity contribution >= 4 is 12.0 Å². The van der Waals surface area contributed by atoms with E-state index in [1.165, 1.54) is 0 Å². The normalized spacial score (nSPS) is 24.4. The van der Waals surface area contributed by atoms with Crippen molar-refractivity contribution in [1.82, 2.24) is 10.2 Å². The number of carboxylic acids is 1. The minimum absolute atomic E-state index is 0.0787. The molecule has 1 atom stereocenters. The summed E-state index contributed by atoms with van der Waals surface area (Å²) in [4.78, 5) is 24.6. The molecule has 0 aliphatic carbocycles. The molecule has 1 unspecified atom stereocenters. The summed E-state index contributed by atoms with van der Waals surface area (Å²) in [5, 5.41) is 11.8. The third-order valence-corrected chi connectivity index (χ3v) is 3.78. The second kappa shape index (κ2) is 7.44.